The van der Waals surface area contributed by atoms with Gasteiger partial charge in [0.1, 0.15) is 5.78 Å². The molecular weight excluding hydrogens is 216 g/mol. The first kappa shape index (κ1) is 13.6. The van der Waals surface area contributed by atoms with Crippen LogP contribution in [0.2, 0.25) is 0 Å². The van der Waals surface area contributed by atoms with Crippen LogP contribution >= 0.6 is 0 Å². The van der Waals surface area contributed by atoms with Crippen molar-refractivity contribution in [3.8, 4) is 11.5 Å². The van der Waals surface area contributed by atoms with E-state index in [1.807, 2.05) is 19.1 Å². The van der Waals surface area contributed by atoms with E-state index in [2.05, 4.69) is 0 Å². The topological polar surface area (TPSA) is 46.5 Å². The number of aromatic hydroxyl groups is 1. The maximum absolute atomic E-state index is 11.4. The average molecular weight is 236 g/mol. The summed E-state index contributed by atoms with van der Waals surface area (Å²) in [5.74, 6) is 0.982. The van der Waals surface area contributed by atoms with E-state index in [9.17, 15) is 9.90 Å². The van der Waals surface area contributed by atoms with Crippen molar-refractivity contribution in [2.45, 2.75) is 39.0 Å². The zero-order valence-corrected chi connectivity index (χ0v) is 10.5. The molecule has 0 aliphatic heterocycles. The highest BCUT2D eigenvalue weighted by Crippen LogP contribution is 2.30. The van der Waals surface area contributed by atoms with Crippen molar-refractivity contribution in [1.82, 2.24) is 0 Å². The van der Waals surface area contributed by atoms with Crippen molar-refractivity contribution in [3.05, 3.63) is 23.8 Å². The monoisotopic (exact) mass is 236 g/mol. The van der Waals surface area contributed by atoms with E-state index in [0.29, 0.717) is 30.8 Å². The first-order valence-corrected chi connectivity index (χ1v) is 6.05. The Balaban J connectivity index is 2.49. The standard InChI is InChI=1S/C14H20O3/c1-3-6-12(15)9-4-7-11-8-5-10-13(17-2)14(11)16/h5,8,10,16H,3-4,6-7,9H2,1-2H3. The van der Waals surface area contributed by atoms with Gasteiger partial charge in [0.15, 0.2) is 11.5 Å². The molecule has 0 saturated heterocycles. The van der Waals surface area contributed by atoms with E-state index < -0.39 is 0 Å². The number of benzene rings is 1. The molecule has 0 bridgehead atoms. The number of ether oxygens (including phenoxy) is 1. The Morgan fingerprint density at radius 1 is 1.35 bits per heavy atom. The van der Waals surface area contributed by atoms with Crippen LogP contribution in [0, 0.1) is 0 Å². The number of carbonyl (C=O) groups excluding carboxylic acids is 1. The van der Waals surface area contributed by atoms with E-state index in [-0.39, 0.29) is 5.75 Å². The summed E-state index contributed by atoms with van der Waals surface area (Å²) in [5.41, 5.74) is 0.841. The Morgan fingerprint density at radius 3 is 2.76 bits per heavy atom. The van der Waals surface area contributed by atoms with E-state index in [0.717, 1.165) is 18.4 Å². The molecule has 0 fully saturated rings. The van der Waals surface area contributed by atoms with Crippen LogP contribution < -0.4 is 4.74 Å². The summed E-state index contributed by atoms with van der Waals surface area (Å²) in [6.45, 7) is 2.01. The Hall–Kier alpha value is -1.51. The fraction of sp³-hybridized carbons (Fsp3) is 0.500. The Morgan fingerprint density at radius 2 is 2.12 bits per heavy atom. The lowest BCUT2D eigenvalue weighted by molar-refractivity contribution is -0.119. The van der Waals surface area contributed by atoms with E-state index in [1.54, 1.807) is 6.07 Å². The third kappa shape index (κ3) is 4.10. The molecule has 94 valence electrons. The molecule has 0 aliphatic rings. The van der Waals surface area contributed by atoms with Gasteiger partial charge in [0.25, 0.3) is 0 Å². The molecule has 0 amide bonds. The molecule has 0 aliphatic carbocycles. The molecule has 0 heterocycles. The molecule has 0 unspecified atom stereocenters. The van der Waals surface area contributed by atoms with Crippen molar-refractivity contribution in [3.63, 3.8) is 0 Å². The van der Waals surface area contributed by atoms with Crippen molar-refractivity contribution >= 4 is 5.78 Å². The molecule has 0 saturated carbocycles. The second-order valence-electron chi connectivity index (χ2n) is 4.11. The molecule has 1 aromatic carbocycles. The second-order valence-corrected chi connectivity index (χ2v) is 4.11. The van der Waals surface area contributed by atoms with E-state index >= 15 is 0 Å². The van der Waals surface area contributed by atoms with Gasteiger partial charge in [0.05, 0.1) is 7.11 Å². The van der Waals surface area contributed by atoms with Gasteiger partial charge in [-0.2, -0.15) is 0 Å². The van der Waals surface area contributed by atoms with Crippen molar-refractivity contribution in [2.24, 2.45) is 0 Å². The number of phenolic OH excluding ortho intramolecular Hbond substituents is 1. The lowest BCUT2D eigenvalue weighted by atomic mass is 10.0. The van der Waals surface area contributed by atoms with E-state index in [1.165, 1.54) is 7.11 Å². The molecule has 17 heavy (non-hydrogen) atoms. The highest BCUT2D eigenvalue weighted by atomic mass is 16.5. The summed E-state index contributed by atoms with van der Waals surface area (Å²) >= 11 is 0. The van der Waals surface area contributed by atoms with Gasteiger partial charge in [-0.1, -0.05) is 19.1 Å². The maximum Gasteiger partial charge on any atom is 0.160 e. The zero-order valence-electron chi connectivity index (χ0n) is 10.5. The van der Waals surface area contributed by atoms with Crippen LogP contribution in [0.15, 0.2) is 18.2 Å². The number of Topliss-reactive ketones (excluding diaryl/α,β-unsaturated/α-hetero) is 1. The number of carbonyl (C=O) groups is 1. The smallest absolute Gasteiger partial charge is 0.160 e. The largest absolute Gasteiger partial charge is 0.504 e. The summed E-state index contributed by atoms with van der Waals surface area (Å²) in [6, 6.07) is 5.44. The first-order chi connectivity index (χ1) is 8.19. The molecule has 0 atom stereocenters. The van der Waals surface area contributed by atoms with Gasteiger partial charge in [-0.3, -0.25) is 4.79 Å². The van der Waals surface area contributed by atoms with Crippen LogP contribution in [-0.4, -0.2) is 18.0 Å². The summed E-state index contributed by atoms with van der Waals surface area (Å²) in [4.78, 5) is 11.4. The highest BCUT2D eigenvalue weighted by Gasteiger charge is 2.07. The number of ketones is 1. The number of hydrogen-bond acceptors (Lipinski definition) is 3. The number of para-hydroxylation sites is 1. The summed E-state index contributed by atoms with van der Waals surface area (Å²) in [6.07, 6.45) is 3.63. The van der Waals surface area contributed by atoms with Crippen molar-refractivity contribution < 1.29 is 14.6 Å². The average Bonchev–Trinajstić information content (AvgIpc) is 2.32. The fourth-order valence-corrected chi connectivity index (χ4v) is 1.81. The summed E-state index contributed by atoms with van der Waals surface area (Å²) in [7, 11) is 1.53. The normalized spacial score (nSPS) is 10.2. The molecule has 3 nitrogen and oxygen atoms in total. The van der Waals surface area contributed by atoms with Crippen LogP contribution in [0.4, 0.5) is 0 Å². The quantitative estimate of drug-likeness (QED) is 0.791. The summed E-state index contributed by atoms with van der Waals surface area (Å²) in [5, 5.41) is 9.85. The van der Waals surface area contributed by atoms with Gasteiger partial charge >= 0.3 is 0 Å². The van der Waals surface area contributed by atoms with Crippen LogP contribution in [0.5, 0.6) is 11.5 Å². The van der Waals surface area contributed by atoms with Gasteiger partial charge in [-0.05, 0) is 30.9 Å². The highest BCUT2D eigenvalue weighted by molar-refractivity contribution is 5.78. The zero-order chi connectivity index (χ0) is 12.7. The first-order valence-electron chi connectivity index (χ1n) is 6.05. The second kappa shape index (κ2) is 6.94. The minimum atomic E-state index is 0.193. The third-order valence-electron chi connectivity index (χ3n) is 2.73. The number of hydrogen-bond donors (Lipinski definition) is 1. The van der Waals surface area contributed by atoms with Crippen LogP contribution in [0.25, 0.3) is 0 Å². The fourth-order valence-electron chi connectivity index (χ4n) is 1.81. The third-order valence-corrected chi connectivity index (χ3v) is 2.73. The summed E-state index contributed by atoms with van der Waals surface area (Å²) < 4.78 is 5.03. The van der Waals surface area contributed by atoms with Crippen molar-refractivity contribution in [1.29, 1.82) is 0 Å². The molecule has 0 radical (unpaired) electrons. The van der Waals surface area contributed by atoms with Crippen LogP contribution in [0.1, 0.15) is 38.2 Å². The van der Waals surface area contributed by atoms with Crippen LogP contribution in [0.3, 0.4) is 0 Å². The number of phenols is 1. The number of aryl methyl sites for hydroxylation is 1. The molecule has 1 N–H and O–H groups in total. The molecule has 0 spiro atoms. The molecular formula is C14H20O3. The van der Waals surface area contributed by atoms with Gasteiger partial charge < -0.3 is 9.84 Å². The maximum atomic E-state index is 11.4. The Labute approximate surface area is 102 Å². The lowest BCUT2D eigenvalue weighted by Gasteiger charge is -2.08. The Bertz CT molecular complexity index is 372. The predicted molar refractivity (Wildman–Crippen MR) is 67.5 cm³/mol. The van der Waals surface area contributed by atoms with E-state index in [4.69, 9.17) is 4.74 Å². The molecule has 1 aromatic rings. The number of methoxy groups -OCH3 is 1. The van der Waals surface area contributed by atoms with Crippen molar-refractivity contribution in [2.75, 3.05) is 7.11 Å². The Kier molecular flexibility index (Phi) is 5.53. The van der Waals surface area contributed by atoms with Gasteiger partial charge in [-0.15, -0.1) is 0 Å². The van der Waals surface area contributed by atoms with Gasteiger partial charge in [0.2, 0.25) is 0 Å². The predicted octanol–water partition coefficient (Wildman–Crippen LogP) is 3.09. The molecule has 1 rings (SSSR count). The minimum Gasteiger partial charge on any atom is -0.504 e. The van der Waals surface area contributed by atoms with Crippen LogP contribution in [-0.2, 0) is 11.2 Å². The van der Waals surface area contributed by atoms with Gasteiger partial charge in [-0.25, -0.2) is 0 Å². The lowest BCUT2D eigenvalue weighted by Crippen LogP contribution is -1.98. The SMILES string of the molecule is CCCC(=O)CCCc1cccc(OC)c1O. The number of rotatable bonds is 7. The minimum absolute atomic E-state index is 0.193. The molecule has 3 heteroatoms. The van der Waals surface area contributed by atoms with Gasteiger partial charge in [0, 0.05) is 12.8 Å². The molecule has 0 aromatic heterocycles.